The fourth-order valence-corrected chi connectivity index (χ4v) is 6.51. The van der Waals surface area contributed by atoms with E-state index in [0.29, 0.717) is 49.8 Å². The van der Waals surface area contributed by atoms with Crippen LogP contribution in [0.2, 0.25) is 0 Å². The molecule has 1 saturated carbocycles. The summed E-state index contributed by atoms with van der Waals surface area (Å²) in [4.78, 5) is 4.93. The summed E-state index contributed by atoms with van der Waals surface area (Å²) < 4.78 is 0. The van der Waals surface area contributed by atoms with Crippen LogP contribution in [0, 0.1) is 0 Å². The summed E-state index contributed by atoms with van der Waals surface area (Å²) in [6.45, 7) is 29.1. The molecule has 2 aromatic carbocycles. The Bertz CT molecular complexity index is 1210. The van der Waals surface area contributed by atoms with Crippen LogP contribution in [-0.4, -0.2) is 57.3 Å². The van der Waals surface area contributed by atoms with E-state index >= 15 is 0 Å². The second-order valence-electron chi connectivity index (χ2n) is 18.2. The molecular formula is C40H68N4O2. The summed E-state index contributed by atoms with van der Waals surface area (Å²) in [6, 6.07) is 9.50. The first-order valence-corrected chi connectivity index (χ1v) is 17.6. The average Bonchev–Trinajstić information content (AvgIpc) is 2.91. The van der Waals surface area contributed by atoms with Gasteiger partial charge >= 0.3 is 0 Å². The molecule has 4 N–H and O–H groups in total. The third-order valence-electron chi connectivity index (χ3n) is 9.55. The summed E-state index contributed by atoms with van der Waals surface area (Å²) >= 11 is 0. The Labute approximate surface area is 282 Å². The third-order valence-corrected chi connectivity index (χ3v) is 9.55. The maximum Gasteiger partial charge on any atom is 0.124 e. The Hall–Kier alpha value is -2.12. The van der Waals surface area contributed by atoms with Crippen LogP contribution in [0.1, 0.15) is 142 Å². The van der Waals surface area contributed by atoms with Gasteiger partial charge in [0.2, 0.25) is 0 Å². The van der Waals surface area contributed by atoms with Gasteiger partial charge in [0.05, 0.1) is 0 Å². The van der Waals surface area contributed by atoms with Gasteiger partial charge in [-0.05, 0) is 90.4 Å². The van der Waals surface area contributed by atoms with Crippen LogP contribution in [-0.2, 0) is 37.0 Å². The fourth-order valence-electron chi connectivity index (χ4n) is 6.51. The molecule has 0 aromatic heterocycles. The molecule has 1 aliphatic rings. The molecule has 3 rings (SSSR count). The van der Waals surface area contributed by atoms with Crippen molar-refractivity contribution in [2.75, 3.05) is 14.1 Å². The zero-order chi connectivity index (χ0) is 34.8. The van der Waals surface area contributed by atoms with Crippen molar-refractivity contribution in [2.45, 2.75) is 169 Å². The quantitative estimate of drug-likeness (QED) is 0.210. The van der Waals surface area contributed by atoms with Crippen LogP contribution in [0.25, 0.3) is 0 Å². The molecule has 1 fully saturated rings. The molecule has 1 aliphatic carbocycles. The smallest absolute Gasteiger partial charge is 0.124 e. The summed E-state index contributed by atoms with van der Waals surface area (Å²) in [5, 5.41) is 30.2. The summed E-state index contributed by atoms with van der Waals surface area (Å²) in [5.41, 5.74) is 6.33. The number of nitrogens with one attached hydrogen (secondary N) is 2. The van der Waals surface area contributed by atoms with E-state index in [2.05, 4.69) is 142 Å². The monoisotopic (exact) mass is 637 g/mol. The topological polar surface area (TPSA) is 71.0 Å². The molecule has 0 aliphatic heterocycles. The van der Waals surface area contributed by atoms with Gasteiger partial charge in [0, 0.05) is 71.6 Å². The lowest BCUT2D eigenvalue weighted by molar-refractivity contribution is 0.0684. The number of hydrogen-bond acceptors (Lipinski definition) is 6. The number of nitrogens with zero attached hydrogens (tertiary/aromatic N) is 2. The molecule has 2 unspecified atom stereocenters. The zero-order valence-electron chi connectivity index (χ0n) is 31.9. The maximum absolute atomic E-state index is 11.5. The Morgan fingerprint density at radius 3 is 1.15 bits per heavy atom. The highest BCUT2D eigenvalue weighted by Crippen LogP contribution is 2.36. The van der Waals surface area contributed by atoms with Gasteiger partial charge in [0.25, 0.3) is 0 Å². The van der Waals surface area contributed by atoms with E-state index in [9.17, 15) is 10.2 Å². The molecule has 46 heavy (non-hydrogen) atoms. The molecule has 0 heterocycles. The van der Waals surface area contributed by atoms with E-state index in [-0.39, 0.29) is 21.9 Å². The Morgan fingerprint density at radius 2 is 0.870 bits per heavy atom. The van der Waals surface area contributed by atoms with Gasteiger partial charge in [0.1, 0.15) is 11.5 Å². The van der Waals surface area contributed by atoms with Gasteiger partial charge in [-0.1, -0.05) is 78.6 Å². The first-order valence-electron chi connectivity index (χ1n) is 17.6. The molecule has 0 spiro atoms. The molecule has 0 bridgehead atoms. The summed E-state index contributed by atoms with van der Waals surface area (Å²) in [5.74, 6) is 0.829. The van der Waals surface area contributed by atoms with Crippen molar-refractivity contribution < 1.29 is 10.2 Å². The average molecular weight is 637 g/mol. The van der Waals surface area contributed by atoms with Gasteiger partial charge < -0.3 is 20.8 Å². The number of likely N-dealkylation sites (N-methyl/N-ethyl adjacent to an activating group) is 2. The van der Waals surface area contributed by atoms with Gasteiger partial charge in [-0.2, -0.15) is 0 Å². The van der Waals surface area contributed by atoms with Crippen molar-refractivity contribution in [3.63, 3.8) is 0 Å². The second-order valence-corrected chi connectivity index (χ2v) is 18.2. The van der Waals surface area contributed by atoms with Crippen LogP contribution in [0.5, 0.6) is 11.5 Å². The first kappa shape index (κ1) is 38.3. The largest absolute Gasteiger partial charge is 0.507 e. The van der Waals surface area contributed by atoms with Gasteiger partial charge in [-0.15, -0.1) is 0 Å². The van der Waals surface area contributed by atoms with E-state index in [1.54, 1.807) is 0 Å². The van der Waals surface area contributed by atoms with Crippen molar-refractivity contribution in [3.05, 3.63) is 57.6 Å². The highest BCUT2D eigenvalue weighted by atomic mass is 16.3. The van der Waals surface area contributed by atoms with Crippen LogP contribution in [0.4, 0.5) is 0 Å². The Morgan fingerprint density at radius 1 is 0.565 bits per heavy atom. The van der Waals surface area contributed by atoms with Crippen molar-refractivity contribution in [3.8, 4) is 11.5 Å². The summed E-state index contributed by atoms with van der Waals surface area (Å²) in [6.07, 6.45) is 4.67. The lowest BCUT2D eigenvalue weighted by Gasteiger charge is -2.43. The minimum Gasteiger partial charge on any atom is -0.507 e. The van der Waals surface area contributed by atoms with Crippen molar-refractivity contribution in [1.82, 2.24) is 20.4 Å². The molecule has 6 heteroatoms. The molecule has 2 atom stereocenters. The minimum atomic E-state index is -0.0360. The van der Waals surface area contributed by atoms with E-state index in [0.717, 1.165) is 35.1 Å². The summed E-state index contributed by atoms with van der Waals surface area (Å²) in [7, 11) is 4.45. The fraction of sp³-hybridized carbons (Fsp3) is 0.700. The number of rotatable bonds is 10. The van der Waals surface area contributed by atoms with E-state index < -0.39 is 0 Å². The highest BCUT2D eigenvalue weighted by Gasteiger charge is 2.33. The number of phenols is 2. The SMILES string of the molecule is CN(Cc1cc(C(C)(C)C)cc(CNC(C)(C)C)c1O)C1CCCCC1N(C)Cc1cc(C(C)(C)C)cc(CNC(C)(C)C)c1O. The maximum atomic E-state index is 11.5. The van der Waals surface area contributed by atoms with Gasteiger partial charge in [-0.25, -0.2) is 0 Å². The number of aromatic hydroxyl groups is 2. The standard InChI is InChI=1S/C40H68N4O2/c1-37(2,3)31-19-27(23-41-39(7,8)9)35(45)29(21-31)25-43(13)33-17-15-16-18-34(33)44(14)26-30-22-32(38(4,5)6)20-28(36(30)46)24-42-40(10,11)12/h19-22,33-34,41-42,45-46H,15-18,23-26H2,1-14H3. The zero-order valence-corrected chi connectivity index (χ0v) is 31.9. The molecule has 0 amide bonds. The van der Waals surface area contributed by atoms with Crippen molar-refractivity contribution in [2.24, 2.45) is 0 Å². The van der Waals surface area contributed by atoms with E-state index in [1.165, 1.54) is 24.0 Å². The van der Waals surface area contributed by atoms with Crippen LogP contribution in [0.15, 0.2) is 24.3 Å². The van der Waals surface area contributed by atoms with Crippen molar-refractivity contribution >= 4 is 0 Å². The molecule has 0 saturated heterocycles. The van der Waals surface area contributed by atoms with Crippen LogP contribution in [0.3, 0.4) is 0 Å². The van der Waals surface area contributed by atoms with Crippen molar-refractivity contribution in [1.29, 1.82) is 0 Å². The minimum absolute atomic E-state index is 0.0179. The second kappa shape index (κ2) is 14.6. The third kappa shape index (κ3) is 10.7. The lowest BCUT2D eigenvalue weighted by Crippen LogP contribution is -2.50. The Kier molecular flexibility index (Phi) is 12.1. The molecule has 6 nitrogen and oxygen atoms in total. The molecule has 260 valence electrons. The number of hydrogen-bond donors (Lipinski definition) is 4. The highest BCUT2D eigenvalue weighted by molar-refractivity contribution is 5.47. The molecular weight excluding hydrogens is 568 g/mol. The normalized spacial score (nSPS) is 18.5. The Balaban J connectivity index is 1.90. The van der Waals surface area contributed by atoms with Crippen LogP contribution < -0.4 is 10.6 Å². The van der Waals surface area contributed by atoms with Gasteiger partial charge in [0.15, 0.2) is 0 Å². The van der Waals surface area contributed by atoms with E-state index in [4.69, 9.17) is 0 Å². The molecule has 2 aromatic rings. The van der Waals surface area contributed by atoms with E-state index in [1.807, 2.05) is 0 Å². The van der Waals surface area contributed by atoms with Gasteiger partial charge in [-0.3, -0.25) is 9.80 Å². The predicted molar refractivity (Wildman–Crippen MR) is 196 cm³/mol. The predicted octanol–water partition coefficient (Wildman–Crippen LogP) is 8.34. The number of benzene rings is 2. The molecule has 0 radical (unpaired) electrons. The lowest BCUT2D eigenvalue weighted by atomic mass is 9.83. The first-order chi connectivity index (χ1) is 21.0. The van der Waals surface area contributed by atoms with Crippen LogP contribution >= 0.6 is 0 Å². The number of phenolic OH excluding ortho intramolecular Hbond substituents is 2.